The van der Waals surface area contributed by atoms with E-state index in [4.69, 9.17) is 0 Å². The molecule has 1 aliphatic heterocycles. The molecule has 0 saturated carbocycles. The third-order valence-electron chi connectivity index (χ3n) is 4.78. The maximum Gasteiger partial charge on any atom is 0.272 e. The van der Waals surface area contributed by atoms with Gasteiger partial charge < -0.3 is 15.3 Å². The number of aromatic amines is 1. The number of aryl methyl sites for hydroxylation is 1. The average Bonchev–Trinajstić information content (AvgIpc) is 2.98. The largest absolute Gasteiger partial charge is 0.390 e. The second-order valence-electron chi connectivity index (χ2n) is 6.97. The number of nitrogens with zero attached hydrogens (tertiary/aromatic N) is 2. The van der Waals surface area contributed by atoms with Gasteiger partial charge in [0.15, 0.2) is 5.69 Å². The average molecular weight is 330 g/mol. The lowest BCUT2D eigenvalue weighted by atomic mass is 9.99. The number of likely N-dealkylation sites (tertiary alicyclic amines) is 1. The molecular formula is C18H26N4O2. The number of rotatable bonds is 5. The summed E-state index contributed by atoms with van der Waals surface area (Å²) in [5.41, 5.74) is 2.30. The van der Waals surface area contributed by atoms with Crippen LogP contribution in [0.4, 0.5) is 0 Å². The Morgan fingerprint density at radius 3 is 2.96 bits per heavy atom. The molecule has 1 unspecified atom stereocenters. The number of fused-ring (bicyclic) bond motifs is 1. The Morgan fingerprint density at radius 2 is 2.21 bits per heavy atom. The van der Waals surface area contributed by atoms with Crippen molar-refractivity contribution in [2.45, 2.75) is 32.8 Å². The molecule has 1 fully saturated rings. The van der Waals surface area contributed by atoms with Gasteiger partial charge in [-0.2, -0.15) is 5.10 Å². The first-order chi connectivity index (χ1) is 11.5. The Labute approximate surface area is 142 Å². The highest BCUT2D eigenvalue weighted by molar-refractivity contribution is 6.04. The van der Waals surface area contributed by atoms with Gasteiger partial charge in [-0.05, 0) is 50.9 Å². The fourth-order valence-corrected chi connectivity index (χ4v) is 3.20. The van der Waals surface area contributed by atoms with Gasteiger partial charge in [0.2, 0.25) is 0 Å². The van der Waals surface area contributed by atoms with Crippen LogP contribution >= 0.6 is 0 Å². The molecule has 130 valence electrons. The lowest BCUT2D eigenvalue weighted by molar-refractivity contribution is 0.0793. The predicted octanol–water partition coefficient (Wildman–Crippen LogP) is 1.69. The van der Waals surface area contributed by atoms with Crippen molar-refractivity contribution in [2.24, 2.45) is 5.92 Å². The second-order valence-corrected chi connectivity index (χ2v) is 6.97. The minimum atomic E-state index is -0.561. The van der Waals surface area contributed by atoms with Gasteiger partial charge in [0.05, 0.1) is 11.6 Å². The van der Waals surface area contributed by atoms with E-state index in [1.54, 1.807) is 0 Å². The third kappa shape index (κ3) is 3.94. The van der Waals surface area contributed by atoms with Crippen LogP contribution in [-0.2, 0) is 0 Å². The van der Waals surface area contributed by atoms with Crippen LogP contribution in [0, 0.1) is 12.8 Å². The number of aromatic nitrogens is 2. The molecule has 1 saturated heterocycles. The number of hydrogen-bond acceptors (Lipinski definition) is 4. The lowest BCUT2D eigenvalue weighted by Gasteiger charge is -2.31. The van der Waals surface area contributed by atoms with Crippen molar-refractivity contribution in [3.8, 4) is 0 Å². The highest BCUT2D eigenvalue weighted by atomic mass is 16.3. The van der Waals surface area contributed by atoms with Gasteiger partial charge in [0.1, 0.15) is 0 Å². The summed E-state index contributed by atoms with van der Waals surface area (Å²) in [5, 5.41) is 20.8. The molecule has 3 N–H and O–H groups in total. The number of benzene rings is 1. The first-order valence-corrected chi connectivity index (χ1v) is 8.66. The molecule has 0 bridgehead atoms. The number of carbonyl (C=O) groups is 1. The van der Waals surface area contributed by atoms with E-state index in [0.29, 0.717) is 12.2 Å². The molecule has 24 heavy (non-hydrogen) atoms. The molecule has 1 aliphatic rings. The number of carbonyl (C=O) groups excluding carboxylic acids is 1. The summed E-state index contributed by atoms with van der Waals surface area (Å²) in [4.78, 5) is 14.6. The number of hydrogen-bond donors (Lipinski definition) is 3. The first kappa shape index (κ1) is 16.9. The van der Waals surface area contributed by atoms with Crippen LogP contribution in [-0.4, -0.2) is 58.4 Å². The zero-order valence-electron chi connectivity index (χ0n) is 14.4. The normalized spacial score (nSPS) is 18.0. The number of amides is 1. The van der Waals surface area contributed by atoms with E-state index >= 15 is 0 Å². The minimum absolute atomic E-state index is 0.241. The Kier molecular flexibility index (Phi) is 5.16. The number of nitrogens with one attached hydrogen (secondary N) is 2. The monoisotopic (exact) mass is 330 g/mol. The highest BCUT2D eigenvalue weighted by Gasteiger charge is 2.20. The number of H-pyrrole nitrogens is 1. The topological polar surface area (TPSA) is 81.2 Å². The van der Waals surface area contributed by atoms with Crippen molar-refractivity contribution in [3.63, 3.8) is 0 Å². The highest BCUT2D eigenvalue weighted by Crippen LogP contribution is 2.18. The van der Waals surface area contributed by atoms with Crippen molar-refractivity contribution < 1.29 is 9.90 Å². The smallest absolute Gasteiger partial charge is 0.272 e. The van der Waals surface area contributed by atoms with Crippen molar-refractivity contribution in [2.75, 3.05) is 26.2 Å². The molecule has 2 heterocycles. The summed E-state index contributed by atoms with van der Waals surface area (Å²) in [5.74, 6) is 0.521. The van der Waals surface area contributed by atoms with Crippen LogP contribution in [0.3, 0.4) is 0 Å². The van der Waals surface area contributed by atoms with Gasteiger partial charge in [0, 0.05) is 18.5 Å². The SMILES string of the molecule is Cc1ccc2[nH]nc(C(=O)NCC(O)CN3CCC(C)CC3)c2c1. The fourth-order valence-electron chi connectivity index (χ4n) is 3.20. The zero-order chi connectivity index (χ0) is 17.1. The molecule has 2 aromatic rings. The molecule has 0 spiro atoms. The van der Waals surface area contributed by atoms with Gasteiger partial charge in [-0.3, -0.25) is 9.89 Å². The maximum absolute atomic E-state index is 12.4. The summed E-state index contributed by atoms with van der Waals surface area (Å²) in [6.07, 6.45) is 1.80. The van der Waals surface area contributed by atoms with Crippen LogP contribution in [0.2, 0.25) is 0 Å². The molecule has 1 amide bonds. The molecule has 6 nitrogen and oxygen atoms in total. The second kappa shape index (κ2) is 7.32. The van der Waals surface area contributed by atoms with Crippen LogP contribution in [0.5, 0.6) is 0 Å². The van der Waals surface area contributed by atoms with Crippen LogP contribution in [0.25, 0.3) is 10.9 Å². The fraction of sp³-hybridized carbons (Fsp3) is 0.556. The molecule has 1 aromatic carbocycles. The summed E-state index contributed by atoms with van der Waals surface area (Å²) < 4.78 is 0. The third-order valence-corrected chi connectivity index (χ3v) is 4.78. The molecule has 3 rings (SSSR count). The van der Waals surface area contributed by atoms with E-state index in [1.807, 2.05) is 25.1 Å². The number of β-amino-alcohol motifs (C(OH)–C–C–N with tert-alkyl or cyclic N) is 1. The Bertz CT molecular complexity index is 704. The van der Waals surface area contributed by atoms with Crippen molar-refractivity contribution in [1.29, 1.82) is 0 Å². The maximum atomic E-state index is 12.4. The molecule has 0 radical (unpaired) electrons. The zero-order valence-corrected chi connectivity index (χ0v) is 14.4. The van der Waals surface area contributed by atoms with Crippen LogP contribution < -0.4 is 5.32 Å². The number of aliphatic hydroxyl groups is 1. The van der Waals surface area contributed by atoms with E-state index < -0.39 is 6.10 Å². The van der Waals surface area contributed by atoms with Crippen molar-refractivity contribution in [3.05, 3.63) is 29.5 Å². The number of piperidine rings is 1. The Hall–Kier alpha value is -1.92. The van der Waals surface area contributed by atoms with Gasteiger partial charge in [0.25, 0.3) is 5.91 Å². The molecule has 0 aliphatic carbocycles. The summed E-state index contributed by atoms with van der Waals surface area (Å²) >= 11 is 0. The quantitative estimate of drug-likeness (QED) is 0.779. The minimum Gasteiger partial charge on any atom is -0.390 e. The van der Waals surface area contributed by atoms with Gasteiger partial charge in [-0.25, -0.2) is 0 Å². The predicted molar refractivity (Wildman–Crippen MR) is 94.0 cm³/mol. The van der Waals surface area contributed by atoms with E-state index in [1.165, 1.54) is 12.8 Å². The standard InChI is InChI=1S/C18H26N4O2/c1-12-5-7-22(8-6-12)11-14(23)10-19-18(24)17-15-9-13(2)3-4-16(15)20-21-17/h3-4,9,12,14,23H,5-8,10-11H2,1-2H3,(H,19,24)(H,20,21). The number of aliphatic hydroxyl groups excluding tert-OH is 1. The Balaban J connectivity index is 1.53. The van der Waals surface area contributed by atoms with Gasteiger partial charge in [-0.15, -0.1) is 0 Å². The van der Waals surface area contributed by atoms with Gasteiger partial charge >= 0.3 is 0 Å². The Morgan fingerprint density at radius 1 is 1.46 bits per heavy atom. The van der Waals surface area contributed by atoms with Crippen LogP contribution in [0.15, 0.2) is 18.2 Å². The molecule has 6 heteroatoms. The summed E-state index contributed by atoms with van der Waals surface area (Å²) in [6.45, 7) is 7.14. The molecule has 1 atom stereocenters. The summed E-state index contributed by atoms with van der Waals surface area (Å²) in [7, 11) is 0. The van der Waals surface area contributed by atoms with Gasteiger partial charge in [-0.1, -0.05) is 18.6 Å². The summed E-state index contributed by atoms with van der Waals surface area (Å²) in [6, 6.07) is 5.84. The van der Waals surface area contributed by atoms with E-state index in [9.17, 15) is 9.90 Å². The molecule has 1 aromatic heterocycles. The van der Waals surface area contributed by atoms with E-state index in [-0.39, 0.29) is 12.5 Å². The van der Waals surface area contributed by atoms with E-state index in [2.05, 4.69) is 27.3 Å². The van der Waals surface area contributed by atoms with Crippen molar-refractivity contribution >= 4 is 16.8 Å². The molecular weight excluding hydrogens is 304 g/mol. The lowest BCUT2D eigenvalue weighted by Crippen LogP contribution is -2.43. The first-order valence-electron chi connectivity index (χ1n) is 8.66. The van der Waals surface area contributed by atoms with Crippen molar-refractivity contribution in [1.82, 2.24) is 20.4 Å². The van der Waals surface area contributed by atoms with Crippen LogP contribution in [0.1, 0.15) is 35.8 Å². The van der Waals surface area contributed by atoms with E-state index in [0.717, 1.165) is 35.5 Å².